The Bertz CT molecular complexity index is 538. The molecule has 0 radical (unpaired) electrons. The van der Waals surface area contributed by atoms with E-state index in [1.165, 1.54) is 0 Å². The van der Waals surface area contributed by atoms with Crippen molar-refractivity contribution < 1.29 is 17.6 Å². The van der Waals surface area contributed by atoms with Crippen LogP contribution in [-0.4, -0.2) is 26.9 Å². The number of benzene rings is 1. The van der Waals surface area contributed by atoms with Crippen molar-refractivity contribution in [2.75, 3.05) is 6.54 Å². The molecule has 1 saturated carbocycles. The Morgan fingerprint density at radius 2 is 1.89 bits per heavy atom. The summed E-state index contributed by atoms with van der Waals surface area (Å²) in [7, 11) is -3.76. The molecule has 0 aliphatic heterocycles. The third kappa shape index (κ3) is 3.51. The number of amides is 1. The van der Waals surface area contributed by atoms with Gasteiger partial charge in [0.15, 0.2) is 0 Å². The van der Waals surface area contributed by atoms with Crippen LogP contribution in [0, 0.1) is 5.82 Å². The van der Waals surface area contributed by atoms with Crippen molar-refractivity contribution in [3.8, 4) is 0 Å². The number of rotatable bonds is 5. The number of sulfonamides is 1. The zero-order valence-electron chi connectivity index (χ0n) is 9.52. The van der Waals surface area contributed by atoms with E-state index >= 15 is 0 Å². The Morgan fingerprint density at radius 1 is 1.28 bits per heavy atom. The van der Waals surface area contributed by atoms with Crippen LogP contribution < -0.4 is 10.0 Å². The average Bonchev–Trinajstić information content (AvgIpc) is 3.11. The van der Waals surface area contributed by atoms with Gasteiger partial charge in [0.25, 0.3) is 0 Å². The SMILES string of the molecule is O=C(CNS(=O)(=O)c1ccc(F)cc1)NC1CC1. The molecule has 7 heteroatoms. The number of nitrogens with one attached hydrogen (secondary N) is 2. The van der Waals surface area contributed by atoms with E-state index < -0.39 is 15.8 Å². The third-order valence-corrected chi connectivity index (χ3v) is 3.91. The third-order valence-electron chi connectivity index (χ3n) is 2.49. The van der Waals surface area contributed by atoms with Gasteiger partial charge in [0.05, 0.1) is 11.4 Å². The van der Waals surface area contributed by atoms with Crippen molar-refractivity contribution in [2.24, 2.45) is 0 Å². The van der Waals surface area contributed by atoms with E-state index in [9.17, 15) is 17.6 Å². The summed E-state index contributed by atoms with van der Waals surface area (Å²) in [6.07, 6.45) is 1.88. The van der Waals surface area contributed by atoms with Crippen LogP contribution in [-0.2, 0) is 14.8 Å². The van der Waals surface area contributed by atoms with Gasteiger partial charge in [0, 0.05) is 6.04 Å². The summed E-state index contributed by atoms with van der Waals surface area (Å²) in [6, 6.07) is 4.60. The number of hydrogen-bond donors (Lipinski definition) is 2. The molecule has 2 N–H and O–H groups in total. The molecule has 2 rings (SSSR count). The molecule has 98 valence electrons. The van der Waals surface area contributed by atoms with Gasteiger partial charge in [-0.3, -0.25) is 4.79 Å². The molecule has 0 bridgehead atoms. The van der Waals surface area contributed by atoms with Crippen LogP contribution in [0.5, 0.6) is 0 Å². The molecule has 1 aromatic rings. The molecule has 1 aliphatic rings. The first-order chi connectivity index (χ1) is 8.47. The Balaban J connectivity index is 1.94. The van der Waals surface area contributed by atoms with Crippen LogP contribution in [0.1, 0.15) is 12.8 Å². The summed E-state index contributed by atoms with van der Waals surface area (Å²) in [6.45, 7) is -0.309. The fraction of sp³-hybridized carbons (Fsp3) is 0.364. The quantitative estimate of drug-likeness (QED) is 0.814. The van der Waals surface area contributed by atoms with E-state index in [1.807, 2.05) is 0 Å². The minimum Gasteiger partial charge on any atom is -0.352 e. The fourth-order valence-electron chi connectivity index (χ4n) is 1.36. The molecule has 18 heavy (non-hydrogen) atoms. The summed E-state index contributed by atoms with van der Waals surface area (Å²) in [5.74, 6) is -0.872. The Hall–Kier alpha value is -1.47. The Kier molecular flexibility index (Phi) is 3.63. The van der Waals surface area contributed by atoms with Crippen molar-refractivity contribution in [1.82, 2.24) is 10.0 Å². The molecule has 0 saturated heterocycles. The maximum atomic E-state index is 12.7. The first-order valence-electron chi connectivity index (χ1n) is 5.52. The van der Waals surface area contributed by atoms with E-state index in [1.54, 1.807) is 0 Å². The van der Waals surface area contributed by atoms with Gasteiger partial charge in [0.1, 0.15) is 5.82 Å². The highest BCUT2D eigenvalue weighted by Crippen LogP contribution is 2.18. The largest absolute Gasteiger partial charge is 0.352 e. The van der Waals surface area contributed by atoms with Crippen LogP contribution in [0.25, 0.3) is 0 Å². The van der Waals surface area contributed by atoms with Gasteiger partial charge in [-0.15, -0.1) is 0 Å². The number of hydrogen-bond acceptors (Lipinski definition) is 3. The van der Waals surface area contributed by atoms with Crippen LogP contribution in [0.2, 0.25) is 0 Å². The zero-order valence-corrected chi connectivity index (χ0v) is 10.3. The number of carbonyl (C=O) groups excluding carboxylic acids is 1. The van der Waals surface area contributed by atoms with E-state index in [0.717, 1.165) is 37.1 Å². The Morgan fingerprint density at radius 3 is 2.44 bits per heavy atom. The van der Waals surface area contributed by atoms with Crippen molar-refractivity contribution >= 4 is 15.9 Å². The minimum absolute atomic E-state index is 0.0666. The summed E-state index contributed by atoms with van der Waals surface area (Å²) >= 11 is 0. The second-order valence-corrected chi connectivity index (χ2v) is 5.89. The van der Waals surface area contributed by atoms with Gasteiger partial charge >= 0.3 is 0 Å². The molecular weight excluding hydrogens is 259 g/mol. The average molecular weight is 272 g/mol. The van der Waals surface area contributed by atoms with Gasteiger partial charge in [-0.25, -0.2) is 17.5 Å². The predicted octanol–water partition coefficient (Wildman–Crippen LogP) is 0.383. The molecule has 1 fully saturated rings. The van der Waals surface area contributed by atoms with E-state index in [2.05, 4.69) is 10.0 Å². The summed E-state index contributed by atoms with van der Waals surface area (Å²) < 4.78 is 38.3. The molecule has 1 aromatic carbocycles. The fourth-order valence-corrected chi connectivity index (χ4v) is 2.35. The first-order valence-corrected chi connectivity index (χ1v) is 7.00. The van der Waals surface area contributed by atoms with Crippen LogP contribution in [0.4, 0.5) is 4.39 Å². The van der Waals surface area contributed by atoms with Crippen LogP contribution in [0.3, 0.4) is 0 Å². The van der Waals surface area contributed by atoms with Crippen molar-refractivity contribution in [3.63, 3.8) is 0 Å². The van der Waals surface area contributed by atoms with Crippen molar-refractivity contribution in [1.29, 1.82) is 0 Å². The molecule has 0 heterocycles. The lowest BCUT2D eigenvalue weighted by molar-refractivity contribution is -0.120. The maximum Gasteiger partial charge on any atom is 0.241 e. The molecule has 0 unspecified atom stereocenters. The molecule has 5 nitrogen and oxygen atoms in total. The lowest BCUT2D eigenvalue weighted by atomic mass is 10.4. The molecule has 1 aliphatic carbocycles. The normalized spacial score (nSPS) is 15.4. The summed E-state index contributed by atoms with van der Waals surface area (Å²) in [4.78, 5) is 11.3. The second kappa shape index (κ2) is 5.03. The second-order valence-electron chi connectivity index (χ2n) is 4.12. The maximum absolute atomic E-state index is 12.7. The molecule has 0 aromatic heterocycles. The number of halogens is 1. The summed E-state index contributed by atoms with van der Waals surface area (Å²) in [5.41, 5.74) is 0. The lowest BCUT2D eigenvalue weighted by Gasteiger charge is -2.07. The highest BCUT2D eigenvalue weighted by Gasteiger charge is 2.24. The van der Waals surface area contributed by atoms with E-state index in [4.69, 9.17) is 0 Å². The molecule has 0 spiro atoms. The van der Waals surface area contributed by atoms with E-state index in [-0.39, 0.29) is 23.4 Å². The zero-order chi connectivity index (χ0) is 13.2. The monoisotopic (exact) mass is 272 g/mol. The highest BCUT2D eigenvalue weighted by atomic mass is 32.2. The van der Waals surface area contributed by atoms with Crippen LogP contribution in [0.15, 0.2) is 29.2 Å². The minimum atomic E-state index is -3.76. The van der Waals surface area contributed by atoms with Gasteiger partial charge in [-0.2, -0.15) is 0 Å². The van der Waals surface area contributed by atoms with Crippen molar-refractivity contribution in [3.05, 3.63) is 30.1 Å². The smallest absolute Gasteiger partial charge is 0.241 e. The van der Waals surface area contributed by atoms with Crippen LogP contribution >= 0.6 is 0 Å². The molecule has 1 amide bonds. The van der Waals surface area contributed by atoms with Gasteiger partial charge in [0.2, 0.25) is 15.9 Å². The van der Waals surface area contributed by atoms with Gasteiger partial charge in [-0.1, -0.05) is 0 Å². The Labute approximate surface area is 104 Å². The predicted molar refractivity (Wildman–Crippen MR) is 62.8 cm³/mol. The standard InChI is InChI=1S/C11H13FN2O3S/c12-8-1-5-10(6-2-8)18(16,17)13-7-11(15)14-9-3-4-9/h1-2,5-6,9,13H,3-4,7H2,(H,14,15). The molecule has 0 atom stereocenters. The van der Waals surface area contributed by atoms with Crippen molar-refractivity contribution in [2.45, 2.75) is 23.8 Å². The van der Waals surface area contributed by atoms with Gasteiger partial charge in [-0.05, 0) is 37.1 Å². The molecular formula is C11H13FN2O3S. The van der Waals surface area contributed by atoms with Gasteiger partial charge < -0.3 is 5.32 Å². The lowest BCUT2D eigenvalue weighted by Crippen LogP contribution is -2.37. The topological polar surface area (TPSA) is 75.3 Å². The number of carbonyl (C=O) groups is 1. The first kappa shape index (κ1) is 13.0. The summed E-state index contributed by atoms with van der Waals surface area (Å²) in [5, 5.41) is 2.66. The van der Waals surface area contributed by atoms with E-state index in [0.29, 0.717) is 0 Å². The highest BCUT2D eigenvalue weighted by molar-refractivity contribution is 7.89.